The third kappa shape index (κ3) is 0.504. The molecule has 0 atom stereocenters. The molecule has 1 heteroatoms. The van der Waals surface area contributed by atoms with E-state index in [0.29, 0.717) is 0 Å². The Morgan fingerprint density at radius 3 is 2.80 bits per heavy atom. The maximum atomic E-state index is 2.96. The van der Waals surface area contributed by atoms with Gasteiger partial charge in [0, 0.05) is 0 Å². The highest BCUT2D eigenvalue weighted by atomic mass is 32.1. The SMILES string of the molecule is C1=CC=C[SH]=1. The molecule has 1 heterocycles. The van der Waals surface area contributed by atoms with Gasteiger partial charge in [-0.3, -0.25) is 0 Å². The van der Waals surface area contributed by atoms with Crippen LogP contribution in [-0.4, -0.2) is 5.02 Å². The van der Waals surface area contributed by atoms with Gasteiger partial charge in [-0.1, -0.05) is 5.02 Å². The Kier molecular flexibility index (Phi) is 0.738. The standard InChI is InChI=1S/C4H4S/c1-2-4-5-3-1/h1-3,5H. The monoisotopic (exact) mass is 84.0 g/mol. The fourth-order valence-electron chi connectivity index (χ4n) is 0.215. The van der Waals surface area contributed by atoms with Crippen LogP contribution in [0.2, 0.25) is 0 Å². The average Bonchev–Trinajstić information content (AvgIpc) is 1.76. The summed E-state index contributed by atoms with van der Waals surface area (Å²) in [6, 6.07) is 0. The number of allylic oxidation sites excluding steroid dienone is 2. The Balaban J connectivity index is 2.98. The van der Waals surface area contributed by atoms with Crippen LogP contribution in [-0.2, 0) is 0 Å². The summed E-state index contributed by atoms with van der Waals surface area (Å²) in [6.45, 7) is 0. The Morgan fingerprint density at radius 1 is 1.60 bits per heavy atom. The fourth-order valence-corrected chi connectivity index (χ4v) is 0.645. The first-order chi connectivity index (χ1) is 2.50. The van der Waals surface area contributed by atoms with Crippen LogP contribution in [0.1, 0.15) is 0 Å². The highest BCUT2D eigenvalue weighted by Gasteiger charge is 1.60. The summed E-state index contributed by atoms with van der Waals surface area (Å²) < 4.78 is 0. The van der Waals surface area contributed by atoms with E-state index in [4.69, 9.17) is 0 Å². The molecule has 0 saturated heterocycles. The van der Waals surface area contributed by atoms with E-state index in [9.17, 15) is 0 Å². The topological polar surface area (TPSA) is 0 Å². The van der Waals surface area contributed by atoms with Crippen molar-refractivity contribution in [3.05, 3.63) is 17.6 Å². The molecule has 0 aromatic heterocycles. The zero-order valence-electron chi connectivity index (χ0n) is 2.68. The lowest BCUT2D eigenvalue weighted by Crippen LogP contribution is -1.27. The van der Waals surface area contributed by atoms with Gasteiger partial charge in [0.2, 0.25) is 0 Å². The van der Waals surface area contributed by atoms with Gasteiger partial charge in [0.1, 0.15) is 0 Å². The third-order valence-electron chi connectivity index (χ3n) is 0.406. The Bertz CT molecular complexity index is 94.8. The smallest absolute Gasteiger partial charge is 0.0133 e. The number of rotatable bonds is 0. The summed E-state index contributed by atoms with van der Waals surface area (Å²) in [4.78, 5) is 0. The molecule has 0 aromatic rings. The Hall–Kier alpha value is -0.260. The lowest BCUT2D eigenvalue weighted by atomic mass is 10.6. The molecule has 0 N–H and O–H groups in total. The van der Waals surface area contributed by atoms with Crippen LogP contribution in [0.3, 0.4) is 0 Å². The van der Waals surface area contributed by atoms with Gasteiger partial charge >= 0.3 is 0 Å². The quantitative estimate of drug-likeness (QED) is 0.327. The lowest BCUT2D eigenvalue weighted by Gasteiger charge is -1.47. The van der Waals surface area contributed by atoms with Crippen molar-refractivity contribution in [2.75, 3.05) is 0 Å². The summed E-state index contributed by atoms with van der Waals surface area (Å²) in [7, 11) is 0. The largest absolute Gasteiger partial charge is 0.133 e. The third-order valence-corrected chi connectivity index (χ3v) is 1.03. The molecule has 0 radical (unpaired) electrons. The molecule has 0 amide bonds. The minimum Gasteiger partial charge on any atom is -0.133 e. The van der Waals surface area contributed by atoms with Gasteiger partial charge in [0.05, 0.1) is 0 Å². The van der Waals surface area contributed by atoms with E-state index >= 15 is 0 Å². The van der Waals surface area contributed by atoms with Gasteiger partial charge in [-0.25, -0.2) is 0 Å². The van der Waals surface area contributed by atoms with Crippen molar-refractivity contribution in [2.24, 2.45) is 0 Å². The lowest BCUT2D eigenvalue weighted by molar-refractivity contribution is 2.21. The number of thiol groups is 1. The second-order valence-electron chi connectivity index (χ2n) is 0.766. The molecule has 1 aliphatic heterocycles. The maximum Gasteiger partial charge on any atom is -0.0133 e. The zero-order chi connectivity index (χ0) is 3.54. The van der Waals surface area contributed by atoms with Crippen molar-refractivity contribution in [2.45, 2.75) is 0 Å². The summed E-state index contributed by atoms with van der Waals surface area (Å²) in [6.07, 6.45) is 3.91. The van der Waals surface area contributed by atoms with Crippen LogP contribution in [0.4, 0.5) is 0 Å². The van der Waals surface area contributed by atoms with E-state index in [1.54, 1.807) is 0 Å². The molecule has 0 spiro atoms. The summed E-state index contributed by atoms with van der Waals surface area (Å²) >= 11 is 1.21. The Morgan fingerprint density at radius 2 is 2.60 bits per heavy atom. The summed E-state index contributed by atoms with van der Waals surface area (Å²) in [5.74, 6) is 0. The van der Waals surface area contributed by atoms with Crippen LogP contribution in [0.25, 0.3) is 0 Å². The van der Waals surface area contributed by atoms with Gasteiger partial charge in [0.25, 0.3) is 0 Å². The van der Waals surface area contributed by atoms with Crippen molar-refractivity contribution < 1.29 is 0 Å². The molecule has 0 fully saturated rings. The van der Waals surface area contributed by atoms with E-state index in [-0.39, 0.29) is 0 Å². The van der Waals surface area contributed by atoms with Crippen LogP contribution in [0.5, 0.6) is 0 Å². The minimum atomic E-state index is 1.21. The first-order valence-electron chi connectivity index (χ1n) is 1.44. The maximum absolute atomic E-state index is 2.96. The zero-order valence-corrected chi connectivity index (χ0v) is 3.57. The Labute approximate surface area is 34.8 Å². The average molecular weight is 84.1 g/mol. The van der Waals surface area contributed by atoms with Crippen LogP contribution in [0, 0.1) is 0 Å². The molecule has 26 valence electrons. The molecule has 1 rings (SSSR count). The molecule has 5 heavy (non-hydrogen) atoms. The van der Waals surface area contributed by atoms with Crippen molar-refractivity contribution in [3.63, 3.8) is 0 Å². The van der Waals surface area contributed by atoms with Crippen molar-refractivity contribution in [1.82, 2.24) is 0 Å². The van der Waals surface area contributed by atoms with Gasteiger partial charge in [0.15, 0.2) is 0 Å². The summed E-state index contributed by atoms with van der Waals surface area (Å²) in [5.41, 5.74) is 0. The molecular weight excluding hydrogens is 80.1 g/mol. The first-order valence-corrected chi connectivity index (χ1v) is 2.40. The number of hydrogen-bond donors (Lipinski definition) is 1. The molecule has 1 aliphatic rings. The predicted molar refractivity (Wildman–Crippen MR) is 27.7 cm³/mol. The second kappa shape index (κ2) is 1.25. The molecule has 0 aliphatic carbocycles. The van der Waals surface area contributed by atoms with Gasteiger partial charge in [-0.05, 0) is 17.6 Å². The van der Waals surface area contributed by atoms with Crippen LogP contribution in [0.15, 0.2) is 17.6 Å². The first kappa shape index (κ1) is 2.95. The van der Waals surface area contributed by atoms with E-state index in [1.165, 1.54) is 11.4 Å². The van der Waals surface area contributed by atoms with Crippen molar-refractivity contribution >= 4 is 16.4 Å². The molecule has 0 saturated carbocycles. The van der Waals surface area contributed by atoms with Crippen molar-refractivity contribution in [1.29, 1.82) is 0 Å². The fraction of sp³-hybridized carbons (Fsp3) is 0. The van der Waals surface area contributed by atoms with Gasteiger partial charge < -0.3 is 0 Å². The molecular formula is C4H4S. The van der Waals surface area contributed by atoms with E-state index in [1.807, 2.05) is 17.6 Å². The van der Waals surface area contributed by atoms with Crippen LogP contribution >= 0.6 is 11.4 Å². The van der Waals surface area contributed by atoms with E-state index < -0.39 is 0 Å². The van der Waals surface area contributed by atoms with E-state index in [2.05, 4.69) is 5.02 Å². The van der Waals surface area contributed by atoms with Gasteiger partial charge in [-0.2, -0.15) is 0 Å². The molecule has 0 aromatic carbocycles. The highest BCUT2D eigenvalue weighted by Crippen LogP contribution is 1.89. The summed E-state index contributed by atoms with van der Waals surface area (Å²) in [5, 5.41) is 5.00. The van der Waals surface area contributed by atoms with Gasteiger partial charge in [-0.15, -0.1) is 11.4 Å². The highest BCUT2D eigenvalue weighted by molar-refractivity contribution is 8.00. The minimum absolute atomic E-state index is 1.21. The molecule has 0 bridgehead atoms. The predicted octanol–water partition coefficient (Wildman–Crippen LogP) is 0.936. The van der Waals surface area contributed by atoms with E-state index in [0.717, 1.165) is 0 Å². The van der Waals surface area contributed by atoms with Crippen LogP contribution < -0.4 is 0 Å². The molecule has 0 unspecified atom stereocenters. The number of hydrogen-bond acceptors (Lipinski definition) is 0. The van der Waals surface area contributed by atoms with Crippen molar-refractivity contribution in [3.8, 4) is 0 Å². The molecule has 0 nitrogen and oxygen atoms in total. The second-order valence-corrected chi connectivity index (χ2v) is 1.58. The normalized spacial score (nSPS) is 16.0.